The summed E-state index contributed by atoms with van der Waals surface area (Å²) < 4.78 is 0. The van der Waals surface area contributed by atoms with E-state index in [0.717, 1.165) is 12.8 Å². The zero-order chi connectivity index (χ0) is 9.68. The first-order valence-electron chi connectivity index (χ1n) is 5.42. The van der Waals surface area contributed by atoms with Crippen molar-refractivity contribution in [2.75, 3.05) is 0 Å². The van der Waals surface area contributed by atoms with Gasteiger partial charge in [-0.05, 0) is 31.8 Å². The van der Waals surface area contributed by atoms with Gasteiger partial charge in [0.1, 0.15) is 0 Å². The Morgan fingerprint density at radius 1 is 1.38 bits per heavy atom. The fourth-order valence-electron chi connectivity index (χ4n) is 2.09. The smallest absolute Gasteiger partial charge is 0.155 e. The average molecular weight is 180 g/mol. The van der Waals surface area contributed by atoms with Gasteiger partial charge in [-0.25, -0.2) is 0 Å². The maximum Gasteiger partial charge on any atom is 0.155 e. The van der Waals surface area contributed by atoms with Crippen molar-refractivity contribution in [1.82, 2.24) is 0 Å². The maximum absolute atomic E-state index is 11.2. The van der Waals surface area contributed by atoms with Crippen LogP contribution in [0.1, 0.15) is 52.4 Å². The Labute approximate surface area is 81.2 Å². The lowest BCUT2D eigenvalue weighted by Gasteiger charge is -2.19. The number of hydrogen-bond donors (Lipinski definition) is 0. The lowest BCUT2D eigenvalue weighted by Crippen LogP contribution is -2.13. The third-order valence-electron chi connectivity index (χ3n) is 2.72. The van der Waals surface area contributed by atoms with E-state index in [9.17, 15) is 4.79 Å². The second-order valence-corrected chi connectivity index (χ2v) is 4.23. The number of allylic oxidation sites excluding steroid dienone is 2. The number of carbonyl (C=O) groups excluding carboxylic acids is 1. The summed E-state index contributed by atoms with van der Waals surface area (Å²) in [5.41, 5.74) is 1.28. The van der Waals surface area contributed by atoms with E-state index < -0.39 is 0 Å². The molecule has 0 saturated carbocycles. The van der Waals surface area contributed by atoms with Crippen LogP contribution in [0.25, 0.3) is 0 Å². The molecule has 0 aromatic heterocycles. The maximum atomic E-state index is 11.2. The highest BCUT2D eigenvalue weighted by atomic mass is 16.1. The Morgan fingerprint density at radius 3 is 2.77 bits per heavy atom. The molecule has 1 rings (SSSR count). The second kappa shape index (κ2) is 5.21. The molecule has 1 aliphatic rings. The van der Waals surface area contributed by atoms with Crippen LogP contribution in [0.4, 0.5) is 0 Å². The van der Waals surface area contributed by atoms with Crippen LogP contribution in [0.2, 0.25) is 0 Å². The summed E-state index contributed by atoms with van der Waals surface area (Å²) in [6.45, 7) is 4.29. The number of hydrogen-bond acceptors (Lipinski definition) is 1. The minimum absolute atomic E-state index is 0.338. The molecule has 0 fully saturated rings. The van der Waals surface area contributed by atoms with Crippen LogP contribution in [0.3, 0.4) is 0 Å². The van der Waals surface area contributed by atoms with E-state index in [-0.39, 0.29) is 0 Å². The predicted octanol–water partition coefficient (Wildman–Crippen LogP) is 3.49. The molecule has 1 aliphatic carbocycles. The van der Waals surface area contributed by atoms with E-state index in [1.165, 1.54) is 31.3 Å². The van der Waals surface area contributed by atoms with E-state index in [2.05, 4.69) is 13.8 Å². The van der Waals surface area contributed by atoms with Crippen molar-refractivity contribution in [3.8, 4) is 0 Å². The molecule has 0 N–H and O–H groups in total. The summed E-state index contributed by atoms with van der Waals surface area (Å²) >= 11 is 0. The Balaban J connectivity index is 2.29. The Morgan fingerprint density at radius 2 is 2.15 bits per heavy atom. The minimum atomic E-state index is 0.338. The third-order valence-corrected chi connectivity index (χ3v) is 2.72. The van der Waals surface area contributed by atoms with Crippen molar-refractivity contribution < 1.29 is 4.79 Å². The van der Waals surface area contributed by atoms with Crippen LogP contribution >= 0.6 is 0 Å². The van der Waals surface area contributed by atoms with Crippen molar-refractivity contribution in [3.63, 3.8) is 0 Å². The highest BCUT2D eigenvalue weighted by Crippen LogP contribution is 2.26. The Hall–Kier alpha value is -0.590. The molecule has 0 bridgehead atoms. The van der Waals surface area contributed by atoms with Crippen molar-refractivity contribution in [1.29, 1.82) is 0 Å². The molecule has 1 atom stereocenters. The molecule has 0 spiro atoms. The fourth-order valence-corrected chi connectivity index (χ4v) is 2.09. The summed E-state index contributed by atoms with van der Waals surface area (Å²) in [6, 6.07) is 0. The Kier molecular flexibility index (Phi) is 4.20. The lowest BCUT2D eigenvalue weighted by atomic mass is 9.85. The monoisotopic (exact) mass is 180 g/mol. The van der Waals surface area contributed by atoms with Gasteiger partial charge in [0.2, 0.25) is 0 Å². The first-order chi connectivity index (χ1) is 6.22. The van der Waals surface area contributed by atoms with Gasteiger partial charge in [-0.3, -0.25) is 4.79 Å². The van der Waals surface area contributed by atoms with E-state index >= 15 is 0 Å². The van der Waals surface area contributed by atoms with E-state index in [1.807, 2.05) is 6.08 Å². The third kappa shape index (κ3) is 3.75. The summed E-state index contributed by atoms with van der Waals surface area (Å²) in [7, 11) is 0. The SMILES string of the molecule is CCCCC[C@H]1CC(=O)C=C(C)C1. The highest BCUT2D eigenvalue weighted by Gasteiger charge is 2.17. The van der Waals surface area contributed by atoms with Crippen LogP contribution in [0.5, 0.6) is 0 Å². The largest absolute Gasteiger partial charge is 0.295 e. The number of carbonyl (C=O) groups is 1. The topological polar surface area (TPSA) is 17.1 Å². The standard InChI is InChI=1S/C12H20O/c1-3-4-5-6-11-7-10(2)8-12(13)9-11/h8,11H,3-7,9H2,1-2H3/t11-/m1/s1. The molecule has 1 heteroatoms. The number of rotatable bonds is 4. The van der Waals surface area contributed by atoms with Crippen LogP contribution in [0.15, 0.2) is 11.6 Å². The van der Waals surface area contributed by atoms with Crippen molar-refractivity contribution >= 4 is 5.78 Å². The van der Waals surface area contributed by atoms with Gasteiger partial charge in [-0.1, -0.05) is 31.8 Å². The van der Waals surface area contributed by atoms with Crippen LogP contribution in [-0.4, -0.2) is 5.78 Å². The van der Waals surface area contributed by atoms with Crippen LogP contribution in [-0.2, 0) is 4.79 Å². The number of ketones is 1. The summed E-state index contributed by atoms with van der Waals surface area (Å²) in [5, 5.41) is 0. The molecule has 0 radical (unpaired) electrons. The van der Waals surface area contributed by atoms with Crippen molar-refractivity contribution in [2.24, 2.45) is 5.92 Å². The van der Waals surface area contributed by atoms with Crippen molar-refractivity contribution in [2.45, 2.75) is 52.4 Å². The first kappa shape index (κ1) is 10.5. The molecule has 0 saturated heterocycles. The molecular formula is C12H20O. The number of unbranched alkanes of at least 4 members (excludes halogenated alkanes) is 2. The van der Waals surface area contributed by atoms with E-state index in [4.69, 9.17) is 0 Å². The Bertz CT molecular complexity index is 203. The summed E-state index contributed by atoms with van der Waals surface area (Å²) in [5.74, 6) is 0.981. The van der Waals surface area contributed by atoms with Crippen molar-refractivity contribution in [3.05, 3.63) is 11.6 Å². The zero-order valence-electron chi connectivity index (χ0n) is 8.81. The predicted molar refractivity (Wildman–Crippen MR) is 55.6 cm³/mol. The molecule has 0 amide bonds. The second-order valence-electron chi connectivity index (χ2n) is 4.23. The molecule has 0 aromatic carbocycles. The van der Waals surface area contributed by atoms with Gasteiger partial charge >= 0.3 is 0 Å². The fraction of sp³-hybridized carbons (Fsp3) is 0.750. The van der Waals surface area contributed by atoms with Crippen LogP contribution < -0.4 is 0 Å². The summed E-state index contributed by atoms with van der Waals surface area (Å²) in [4.78, 5) is 11.2. The lowest BCUT2D eigenvalue weighted by molar-refractivity contribution is -0.116. The molecule has 0 unspecified atom stereocenters. The average Bonchev–Trinajstić information content (AvgIpc) is 2.03. The van der Waals surface area contributed by atoms with E-state index in [1.54, 1.807) is 0 Å². The first-order valence-corrected chi connectivity index (χ1v) is 5.42. The molecular weight excluding hydrogens is 160 g/mol. The zero-order valence-corrected chi connectivity index (χ0v) is 8.81. The minimum Gasteiger partial charge on any atom is -0.295 e. The molecule has 0 heterocycles. The normalized spacial score (nSPS) is 23.1. The van der Waals surface area contributed by atoms with Gasteiger partial charge in [0.25, 0.3) is 0 Å². The van der Waals surface area contributed by atoms with Gasteiger partial charge in [0.15, 0.2) is 5.78 Å². The van der Waals surface area contributed by atoms with Gasteiger partial charge < -0.3 is 0 Å². The van der Waals surface area contributed by atoms with Gasteiger partial charge in [-0.15, -0.1) is 0 Å². The quantitative estimate of drug-likeness (QED) is 0.605. The van der Waals surface area contributed by atoms with Crippen LogP contribution in [0, 0.1) is 5.92 Å². The molecule has 13 heavy (non-hydrogen) atoms. The van der Waals surface area contributed by atoms with Gasteiger partial charge in [-0.2, -0.15) is 0 Å². The highest BCUT2D eigenvalue weighted by molar-refractivity contribution is 5.91. The van der Waals surface area contributed by atoms with E-state index in [0.29, 0.717) is 11.7 Å². The molecule has 0 aromatic rings. The van der Waals surface area contributed by atoms with Gasteiger partial charge in [0, 0.05) is 6.42 Å². The van der Waals surface area contributed by atoms with Gasteiger partial charge in [0.05, 0.1) is 0 Å². The molecule has 74 valence electrons. The molecule has 1 nitrogen and oxygen atoms in total. The summed E-state index contributed by atoms with van der Waals surface area (Å²) in [6.07, 6.45) is 8.88. The molecule has 0 aliphatic heterocycles.